The fourth-order valence-corrected chi connectivity index (χ4v) is 4.39. The molecule has 1 aliphatic heterocycles. The largest absolute Gasteiger partial charge is 0.334 e. The fourth-order valence-electron chi connectivity index (χ4n) is 3.58. The lowest BCUT2D eigenvalue weighted by Gasteiger charge is -2.39. The Morgan fingerprint density at radius 3 is 2.81 bits per heavy atom. The molecule has 1 aliphatic carbocycles. The maximum absolute atomic E-state index is 12.7. The standard InChI is InChI=1S/C17H20N6O2S/c24-15-13-8-4-5-9-14(13)18-16(25)22(15)10-11-26-17-19-20-21-23(17)12-6-2-1-3-7-12/h1-3,6-7,13-14H,4-5,8-11H2,(H,18,25). The van der Waals surface area contributed by atoms with E-state index in [4.69, 9.17) is 0 Å². The first kappa shape index (κ1) is 17.0. The Kier molecular flexibility index (Phi) is 4.87. The number of fused-ring (bicyclic) bond motifs is 1. The van der Waals surface area contributed by atoms with Crippen LogP contribution >= 0.6 is 11.8 Å². The first-order chi connectivity index (χ1) is 12.7. The van der Waals surface area contributed by atoms with Crippen LogP contribution in [0.2, 0.25) is 0 Å². The molecule has 2 heterocycles. The highest BCUT2D eigenvalue weighted by molar-refractivity contribution is 7.99. The van der Waals surface area contributed by atoms with Gasteiger partial charge >= 0.3 is 6.03 Å². The molecule has 1 aromatic carbocycles. The Bertz CT molecular complexity index is 796. The Balaban J connectivity index is 1.39. The second-order valence-electron chi connectivity index (χ2n) is 6.49. The molecule has 2 aromatic rings. The zero-order valence-corrected chi connectivity index (χ0v) is 15.1. The summed E-state index contributed by atoms with van der Waals surface area (Å²) in [6.45, 7) is 0.347. The van der Waals surface area contributed by atoms with E-state index in [1.807, 2.05) is 30.3 Å². The number of hydrogen-bond donors (Lipinski definition) is 1. The molecule has 0 bridgehead atoms. The Hall–Kier alpha value is -2.42. The van der Waals surface area contributed by atoms with Crippen molar-refractivity contribution < 1.29 is 9.59 Å². The van der Waals surface area contributed by atoms with E-state index in [0.29, 0.717) is 17.5 Å². The highest BCUT2D eigenvalue weighted by Crippen LogP contribution is 2.29. The molecular weight excluding hydrogens is 352 g/mol. The van der Waals surface area contributed by atoms with Crippen LogP contribution in [0.15, 0.2) is 35.5 Å². The van der Waals surface area contributed by atoms with Crippen LogP contribution in [-0.4, -0.2) is 55.4 Å². The molecule has 1 saturated heterocycles. The third kappa shape index (κ3) is 3.31. The number of nitrogens with one attached hydrogen (secondary N) is 1. The number of nitrogens with zero attached hydrogens (tertiary/aromatic N) is 5. The van der Waals surface area contributed by atoms with E-state index in [1.54, 1.807) is 4.68 Å². The van der Waals surface area contributed by atoms with Crippen molar-refractivity contribution in [2.45, 2.75) is 36.9 Å². The van der Waals surface area contributed by atoms with Crippen molar-refractivity contribution in [1.82, 2.24) is 30.4 Å². The molecule has 9 heteroatoms. The highest BCUT2D eigenvalue weighted by atomic mass is 32.2. The number of aromatic nitrogens is 4. The minimum Gasteiger partial charge on any atom is -0.334 e. The van der Waals surface area contributed by atoms with Gasteiger partial charge in [-0.1, -0.05) is 42.8 Å². The normalized spacial score (nSPS) is 22.8. The van der Waals surface area contributed by atoms with E-state index in [0.717, 1.165) is 31.4 Å². The van der Waals surface area contributed by atoms with Gasteiger partial charge < -0.3 is 5.32 Å². The third-order valence-electron chi connectivity index (χ3n) is 4.89. The van der Waals surface area contributed by atoms with Crippen molar-refractivity contribution >= 4 is 23.7 Å². The van der Waals surface area contributed by atoms with Gasteiger partial charge in [0.15, 0.2) is 0 Å². The molecule has 2 unspecified atom stereocenters. The SMILES string of the molecule is O=C1NC2CCCCC2C(=O)N1CCSc1nnnn1-c1ccccc1. The van der Waals surface area contributed by atoms with Crippen LogP contribution in [0.5, 0.6) is 0 Å². The molecule has 2 aliphatic rings. The number of amides is 3. The molecular formula is C17H20N6O2S. The molecule has 136 valence electrons. The maximum Gasteiger partial charge on any atom is 0.324 e. The first-order valence-electron chi connectivity index (χ1n) is 8.82. The Morgan fingerprint density at radius 2 is 1.96 bits per heavy atom. The molecule has 8 nitrogen and oxygen atoms in total. The molecule has 0 spiro atoms. The lowest BCUT2D eigenvalue weighted by atomic mass is 9.82. The Morgan fingerprint density at radius 1 is 1.15 bits per heavy atom. The number of carbonyl (C=O) groups excluding carboxylic acids is 2. The van der Waals surface area contributed by atoms with E-state index in [2.05, 4.69) is 20.8 Å². The summed E-state index contributed by atoms with van der Waals surface area (Å²) in [5, 5.41) is 15.4. The number of thioether (sulfide) groups is 1. The molecule has 26 heavy (non-hydrogen) atoms. The van der Waals surface area contributed by atoms with Gasteiger partial charge in [0.2, 0.25) is 11.1 Å². The second-order valence-corrected chi connectivity index (χ2v) is 7.56. The smallest absolute Gasteiger partial charge is 0.324 e. The van der Waals surface area contributed by atoms with Gasteiger partial charge in [-0.15, -0.1) is 5.10 Å². The summed E-state index contributed by atoms with van der Waals surface area (Å²) in [5.74, 6) is 0.437. The van der Waals surface area contributed by atoms with Crippen LogP contribution in [0, 0.1) is 5.92 Å². The monoisotopic (exact) mass is 372 g/mol. The average Bonchev–Trinajstić information content (AvgIpc) is 3.13. The zero-order chi connectivity index (χ0) is 17.9. The lowest BCUT2D eigenvalue weighted by molar-refractivity contribution is -0.136. The van der Waals surface area contributed by atoms with Gasteiger partial charge in [-0.3, -0.25) is 9.69 Å². The predicted molar refractivity (Wildman–Crippen MR) is 95.9 cm³/mol. The van der Waals surface area contributed by atoms with Crippen molar-refractivity contribution in [3.63, 3.8) is 0 Å². The summed E-state index contributed by atoms with van der Waals surface area (Å²) in [6.07, 6.45) is 3.89. The van der Waals surface area contributed by atoms with Crippen LogP contribution in [0.3, 0.4) is 0 Å². The van der Waals surface area contributed by atoms with Crippen molar-refractivity contribution in [3.8, 4) is 5.69 Å². The van der Waals surface area contributed by atoms with Gasteiger partial charge in [0.05, 0.1) is 11.6 Å². The predicted octanol–water partition coefficient (Wildman–Crippen LogP) is 1.86. The van der Waals surface area contributed by atoms with Crippen LogP contribution in [0.1, 0.15) is 25.7 Å². The number of carbonyl (C=O) groups is 2. The summed E-state index contributed by atoms with van der Waals surface area (Å²) >= 11 is 1.43. The van der Waals surface area contributed by atoms with Gasteiger partial charge in [-0.05, 0) is 35.4 Å². The topological polar surface area (TPSA) is 93.0 Å². The van der Waals surface area contributed by atoms with Gasteiger partial charge in [0.1, 0.15) is 0 Å². The summed E-state index contributed by atoms with van der Waals surface area (Å²) < 4.78 is 1.65. The van der Waals surface area contributed by atoms with E-state index >= 15 is 0 Å². The second kappa shape index (κ2) is 7.45. The number of imide groups is 1. The van der Waals surface area contributed by atoms with Crippen LogP contribution in [0.4, 0.5) is 4.79 Å². The number of para-hydroxylation sites is 1. The summed E-state index contributed by atoms with van der Waals surface area (Å²) in [6, 6.07) is 9.35. The van der Waals surface area contributed by atoms with Crippen LogP contribution < -0.4 is 5.32 Å². The van der Waals surface area contributed by atoms with Gasteiger partial charge in [0, 0.05) is 18.3 Å². The summed E-state index contributed by atoms with van der Waals surface area (Å²) in [7, 11) is 0. The van der Waals surface area contributed by atoms with Crippen LogP contribution in [0.25, 0.3) is 5.69 Å². The quantitative estimate of drug-likeness (QED) is 0.806. The third-order valence-corrected chi connectivity index (χ3v) is 5.79. The number of tetrazole rings is 1. The number of benzene rings is 1. The van der Waals surface area contributed by atoms with E-state index < -0.39 is 0 Å². The molecule has 0 radical (unpaired) electrons. The van der Waals surface area contributed by atoms with E-state index in [1.165, 1.54) is 16.7 Å². The molecule has 1 saturated carbocycles. The number of rotatable bonds is 5. The van der Waals surface area contributed by atoms with Crippen molar-refractivity contribution in [3.05, 3.63) is 30.3 Å². The van der Waals surface area contributed by atoms with Gasteiger partial charge in [-0.2, -0.15) is 4.68 Å². The molecule has 4 rings (SSSR count). The molecule has 2 atom stereocenters. The summed E-state index contributed by atoms with van der Waals surface area (Å²) in [5.41, 5.74) is 0.872. The van der Waals surface area contributed by atoms with E-state index in [-0.39, 0.29) is 23.9 Å². The minimum atomic E-state index is -0.276. The summed E-state index contributed by atoms with van der Waals surface area (Å²) in [4.78, 5) is 26.3. The molecule has 1 aromatic heterocycles. The first-order valence-corrected chi connectivity index (χ1v) is 9.81. The average molecular weight is 372 g/mol. The van der Waals surface area contributed by atoms with E-state index in [9.17, 15) is 9.59 Å². The van der Waals surface area contributed by atoms with Crippen molar-refractivity contribution in [2.24, 2.45) is 5.92 Å². The van der Waals surface area contributed by atoms with Crippen LogP contribution in [-0.2, 0) is 4.79 Å². The highest BCUT2D eigenvalue weighted by Gasteiger charge is 2.41. The zero-order valence-electron chi connectivity index (χ0n) is 14.2. The fraction of sp³-hybridized carbons (Fsp3) is 0.471. The lowest BCUT2D eigenvalue weighted by Crippen LogP contribution is -2.61. The van der Waals surface area contributed by atoms with Crippen molar-refractivity contribution in [2.75, 3.05) is 12.3 Å². The number of hydrogen-bond acceptors (Lipinski definition) is 6. The van der Waals surface area contributed by atoms with Gasteiger partial charge in [0.25, 0.3) is 0 Å². The molecule has 3 amide bonds. The number of urea groups is 1. The minimum absolute atomic E-state index is 0.0121. The Labute approximate surface area is 155 Å². The van der Waals surface area contributed by atoms with Gasteiger partial charge in [-0.25, -0.2) is 4.79 Å². The van der Waals surface area contributed by atoms with Crippen molar-refractivity contribution in [1.29, 1.82) is 0 Å². The maximum atomic E-state index is 12.7. The molecule has 1 N–H and O–H groups in total. The molecule has 2 fully saturated rings.